The Bertz CT molecular complexity index is 927. The summed E-state index contributed by atoms with van der Waals surface area (Å²) in [6.45, 7) is 4.15. The Kier molecular flexibility index (Phi) is 4.44. The molecular weight excluding hydrogens is 328 g/mol. The predicted octanol–water partition coefficient (Wildman–Crippen LogP) is 2.27. The van der Waals surface area contributed by atoms with Crippen LogP contribution < -0.4 is 0 Å². The molecule has 1 aromatic carbocycles. The SMILES string of the molecule is Cc1cn(C)c(C2CCCN(C(=O)CCn3nnc4ccccc43)C2)n1. The number of fused-ring (bicyclic) bond motifs is 1. The van der Waals surface area contributed by atoms with E-state index in [0.717, 1.165) is 48.5 Å². The molecule has 0 aliphatic carbocycles. The summed E-state index contributed by atoms with van der Waals surface area (Å²) in [5.74, 6) is 1.58. The second-order valence-electron chi connectivity index (χ2n) is 7.08. The quantitative estimate of drug-likeness (QED) is 0.722. The summed E-state index contributed by atoms with van der Waals surface area (Å²) in [7, 11) is 2.03. The van der Waals surface area contributed by atoms with Crippen LogP contribution >= 0.6 is 0 Å². The van der Waals surface area contributed by atoms with Gasteiger partial charge in [0.2, 0.25) is 5.91 Å². The minimum absolute atomic E-state index is 0.181. The van der Waals surface area contributed by atoms with E-state index in [2.05, 4.69) is 19.9 Å². The van der Waals surface area contributed by atoms with E-state index in [0.29, 0.717) is 18.9 Å². The first-order chi connectivity index (χ1) is 12.6. The number of rotatable bonds is 4. The van der Waals surface area contributed by atoms with Gasteiger partial charge in [-0.15, -0.1) is 5.10 Å². The van der Waals surface area contributed by atoms with Gasteiger partial charge in [0.15, 0.2) is 0 Å². The zero-order valence-corrected chi connectivity index (χ0v) is 15.3. The minimum Gasteiger partial charge on any atom is -0.342 e. The molecule has 3 heterocycles. The summed E-state index contributed by atoms with van der Waals surface area (Å²) >= 11 is 0. The van der Waals surface area contributed by atoms with Gasteiger partial charge in [-0.3, -0.25) is 4.79 Å². The molecule has 1 fully saturated rings. The van der Waals surface area contributed by atoms with Gasteiger partial charge in [0.25, 0.3) is 0 Å². The fourth-order valence-corrected chi connectivity index (χ4v) is 3.87. The molecule has 1 atom stereocenters. The molecule has 136 valence electrons. The summed E-state index contributed by atoms with van der Waals surface area (Å²) in [5.41, 5.74) is 2.87. The van der Waals surface area contributed by atoms with Crippen molar-refractivity contribution in [3.8, 4) is 0 Å². The number of para-hydroxylation sites is 1. The fraction of sp³-hybridized carbons (Fsp3) is 0.474. The van der Waals surface area contributed by atoms with Crippen molar-refractivity contribution in [2.24, 2.45) is 7.05 Å². The molecule has 0 bridgehead atoms. The molecule has 7 nitrogen and oxygen atoms in total. The number of imidazole rings is 1. The summed E-state index contributed by atoms with van der Waals surface area (Å²) < 4.78 is 3.91. The van der Waals surface area contributed by atoms with E-state index in [1.54, 1.807) is 0 Å². The number of benzene rings is 1. The maximum atomic E-state index is 12.7. The molecule has 4 rings (SSSR count). The highest BCUT2D eigenvalue weighted by Crippen LogP contribution is 2.26. The van der Waals surface area contributed by atoms with Crippen molar-refractivity contribution in [2.45, 2.75) is 38.6 Å². The zero-order chi connectivity index (χ0) is 18.1. The van der Waals surface area contributed by atoms with Crippen molar-refractivity contribution in [3.63, 3.8) is 0 Å². The van der Waals surface area contributed by atoms with E-state index in [4.69, 9.17) is 0 Å². The van der Waals surface area contributed by atoms with Crippen LogP contribution in [0.25, 0.3) is 11.0 Å². The first-order valence-corrected chi connectivity index (χ1v) is 9.17. The standard InChI is InChI=1S/C19H24N6O/c1-14-12-23(2)19(20-14)15-6-5-10-24(13-15)18(26)9-11-25-17-8-4-3-7-16(17)21-22-25/h3-4,7-8,12,15H,5-6,9-11,13H2,1-2H3. The minimum atomic E-state index is 0.181. The molecule has 0 saturated carbocycles. The molecule has 2 aromatic heterocycles. The molecule has 26 heavy (non-hydrogen) atoms. The Labute approximate surface area is 152 Å². The number of hydrogen-bond acceptors (Lipinski definition) is 4. The third-order valence-corrected chi connectivity index (χ3v) is 5.13. The van der Waals surface area contributed by atoms with Crippen molar-refractivity contribution < 1.29 is 4.79 Å². The highest BCUT2D eigenvalue weighted by molar-refractivity contribution is 5.77. The topological polar surface area (TPSA) is 68.8 Å². The Morgan fingerprint density at radius 2 is 2.15 bits per heavy atom. The molecule has 0 radical (unpaired) electrons. The van der Waals surface area contributed by atoms with Gasteiger partial charge in [-0.2, -0.15) is 0 Å². The van der Waals surface area contributed by atoms with Gasteiger partial charge in [0.05, 0.1) is 17.8 Å². The first-order valence-electron chi connectivity index (χ1n) is 9.17. The summed E-state index contributed by atoms with van der Waals surface area (Å²) in [4.78, 5) is 19.4. The van der Waals surface area contributed by atoms with Crippen LogP contribution in [-0.4, -0.2) is 48.4 Å². The van der Waals surface area contributed by atoms with Crippen LogP contribution in [0.5, 0.6) is 0 Å². The van der Waals surface area contributed by atoms with Gasteiger partial charge >= 0.3 is 0 Å². The molecule has 1 saturated heterocycles. The number of aryl methyl sites for hydroxylation is 3. The highest BCUT2D eigenvalue weighted by Gasteiger charge is 2.27. The van der Waals surface area contributed by atoms with Crippen molar-refractivity contribution in [1.82, 2.24) is 29.4 Å². The smallest absolute Gasteiger partial charge is 0.224 e. The van der Waals surface area contributed by atoms with Crippen LogP contribution in [-0.2, 0) is 18.4 Å². The predicted molar refractivity (Wildman–Crippen MR) is 98.6 cm³/mol. The van der Waals surface area contributed by atoms with Crippen LogP contribution in [0.15, 0.2) is 30.5 Å². The summed E-state index contributed by atoms with van der Waals surface area (Å²) in [6, 6.07) is 7.83. The third-order valence-electron chi connectivity index (χ3n) is 5.13. The highest BCUT2D eigenvalue weighted by atomic mass is 16.2. The van der Waals surface area contributed by atoms with Gasteiger partial charge in [0.1, 0.15) is 11.3 Å². The molecule has 1 aliphatic rings. The second kappa shape index (κ2) is 6.90. The number of amides is 1. The van der Waals surface area contributed by atoms with Crippen LogP contribution in [0.2, 0.25) is 0 Å². The van der Waals surface area contributed by atoms with Gasteiger partial charge in [-0.25, -0.2) is 9.67 Å². The Morgan fingerprint density at radius 3 is 2.96 bits per heavy atom. The molecule has 7 heteroatoms. The van der Waals surface area contributed by atoms with E-state index >= 15 is 0 Å². The Morgan fingerprint density at radius 1 is 1.31 bits per heavy atom. The second-order valence-corrected chi connectivity index (χ2v) is 7.08. The maximum absolute atomic E-state index is 12.7. The van der Waals surface area contributed by atoms with E-state index in [1.807, 2.05) is 54.0 Å². The number of carbonyl (C=O) groups excluding carboxylic acids is 1. The van der Waals surface area contributed by atoms with Crippen molar-refractivity contribution in [3.05, 3.63) is 42.0 Å². The Hall–Kier alpha value is -2.70. The lowest BCUT2D eigenvalue weighted by Crippen LogP contribution is -2.40. The van der Waals surface area contributed by atoms with Crippen LogP contribution in [0, 0.1) is 6.92 Å². The number of nitrogens with zero attached hydrogens (tertiary/aromatic N) is 6. The van der Waals surface area contributed by atoms with Crippen LogP contribution in [0.3, 0.4) is 0 Å². The molecular formula is C19H24N6O. The molecule has 1 unspecified atom stereocenters. The molecule has 1 aliphatic heterocycles. The first kappa shape index (κ1) is 16.8. The number of carbonyl (C=O) groups is 1. The van der Waals surface area contributed by atoms with E-state index in [9.17, 15) is 4.79 Å². The normalized spacial score (nSPS) is 17.8. The molecule has 3 aromatic rings. The van der Waals surface area contributed by atoms with Crippen LogP contribution in [0.4, 0.5) is 0 Å². The van der Waals surface area contributed by atoms with E-state index in [-0.39, 0.29) is 5.91 Å². The largest absolute Gasteiger partial charge is 0.342 e. The molecule has 0 N–H and O–H groups in total. The third kappa shape index (κ3) is 3.21. The number of aromatic nitrogens is 5. The average molecular weight is 352 g/mol. The molecule has 1 amide bonds. The number of likely N-dealkylation sites (tertiary alicyclic amines) is 1. The lowest BCUT2D eigenvalue weighted by atomic mass is 9.97. The fourth-order valence-electron chi connectivity index (χ4n) is 3.87. The number of piperidine rings is 1. The van der Waals surface area contributed by atoms with Crippen molar-refractivity contribution >= 4 is 16.9 Å². The molecule has 0 spiro atoms. The van der Waals surface area contributed by atoms with Gasteiger partial charge in [-0.05, 0) is 31.9 Å². The van der Waals surface area contributed by atoms with E-state index < -0.39 is 0 Å². The van der Waals surface area contributed by atoms with Crippen molar-refractivity contribution in [1.29, 1.82) is 0 Å². The number of hydrogen-bond donors (Lipinski definition) is 0. The van der Waals surface area contributed by atoms with Gasteiger partial charge in [-0.1, -0.05) is 17.3 Å². The average Bonchev–Trinajstić information content (AvgIpc) is 3.22. The van der Waals surface area contributed by atoms with Gasteiger partial charge in [0, 0.05) is 38.7 Å². The maximum Gasteiger partial charge on any atom is 0.224 e. The van der Waals surface area contributed by atoms with Crippen molar-refractivity contribution in [2.75, 3.05) is 13.1 Å². The van der Waals surface area contributed by atoms with E-state index in [1.165, 1.54) is 0 Å². The lowest BCUT2D eigenvalue weighted by Gasteiger charge is -2.32. The lowest BCUT2D eigenvalue weighted by molar-refractivity contribution is -0.132. The summed E-state index contributed by atoms with van der Waals surface area (Å²) in [5, 5.41) is 8.32. The van der Waals surface area contributed by atoms with Crippen LogP contribution in [0.1, 0.15) is 36.7 Å². The monoisotopic (exact) mass is 352 g/mol. The summed E-state index contributed by atoms with van der Waals surface area (Å²) in [6.07, 6.45) is 4.60. The Balaban J connectivity index is 1.40. The zero-order valence-electron chi connectivity index (χ0n) is 15.3. The van der Waals surface area contributed by atoms with Gasteiger partial charge < -0.3 is 9.47 Å².